The van der Waals surface area contributed by atoms with Crippen LogP contribution in [0.3, 0.4) is 0 Å². The molecule has 15 heavy (non-hydrogen) atoms. The monoisotopic (exact) mass is 205 g/mol. The van der Waals surface area contributed by atoms with Crippen LogP contribution in [0.5, 0.6) is 0 Å². The Morgan fingerprint density at radius 3 is 2.60 bits per heavy atom. The third-order valence-corrected chi connectivity index (χ3v) is 2.00. The number of nitrogens with zero attached hydrogens (tertiary/aromatic N) is 1. The molecule has 0 fully saturated rings. The summed E-state index contributed by atoms with van der Waals surface area (Å²) in [5, 5.41) is 8.71. The molecule has 0 aliphatic rings. The van der Waals surface area contributed by atoms with Crippen LogP contribution in [0.25, 0.3) is 0 Å². The van der Waals surface area contributed by atoms with Crippen molar-refractivity contribution >= 4 is 5.97 Å². The molecule has 80 valence electrons. The Balaban J connectivity index is 2.58. The van der Waals surface area contributed by atoms with Crippen LogP contribution in [0.2, 0.25) is 0 Å². The molecule has 0 spiro atoms. The van der Waals surface area contributed by atoms with Gasteiger partial charge in [-0.2, -0.15) is 0 Å². The average Bonchev–Trinajstić information content (AvgIpc) is 2.18. The van der Waals surface area contributed by atoms with Gasteiger partial charge in [-0.15, -0.1) is 6.58 Å². The lowest BCUT2D eigenvalue weighted by Crippen LogP contribution is -2.29. The van der Waals surface area contributed by atoms with E-state index in [9.17, 15) is 4.79 Å². The van der Waals surface area contributed by atoms with Crippen LogP contribution in [0.4, 0.5) is 0 Å². The molecular weight excluding hydrogens is 190 g/mol. The second-order valence-corrected chi connectivity index (χ2v) is 3.34. The van der Waals surface area contributed by atoms with Crippen LogP contribution in [0.15, 0.2) is 43.0 Å². The Bertz CT molecular complexity index is 322. The summed E-state index contributed by atoms with van der Waals surface area (Å²) in [5.74, 6) is -0.812. The first-order chi connectivity index (χ1) is 7.22. The average molecular weight is 205 g/mol. The van der Waals surface area contributed by atoms with Gasteiger partial charge in [0.15, 0.2) is 0 Å². The second-order valence-electron chi connectivity index (χ2n) is 3.34. The Kier molecular flexibility index (Phi) is 4.57. The topological polar surface area (TPSA) is 40.5 Å². The fourth-order valence-electron chi connectivity index (χ4n) is 1.40. The lowest BCUT2D eigenvalue weighted by molar-refractivity contribution is -0.138. The Morgan fingerprint density at radius 1 is 1.40 bits per heavy atom. The second kappa shape index (κ2) is 5.98. The zero-order valence-corrected chi connectivity index (χ0v) is 8.60. The van der Waals surface area contributed by atoms with Gasteiger partial charge in [0.25, 0.3) is 0 Å². The van der Waals surface area contributed by atoms with Crippen molar-refractivity contribution in [1.82, 2.24) is 4.90 Å². The van der Waals surface area contributed by atoms with Gasteiger partial charge in [-0.25, -0.2) is 0 Å². The molecule has 0 saturated heterocycles. The first-order valence-corrected chi connectivity index (χ1v) is 4.81. The fraction of sp³-hybridized carbons (Fsp3) is 0.250. The largest absolute Gasteiger partial charge is 0.480 e. The summed E-state index contributed by atoms with van der Waals surface area (Å²) in [6.45, 7) is 4.88. The van der Waals surface area contributed by atoms with E-state index in [0.717, 1.165) is 5.56 Å². The van der Waals surface area contributed by atoms with E-state index >= 15 is 0 Å². The normalized spacial score (nSPS) is 10.2. The number of carboxylic acid groups (broad SMARTS) is 1. The molecule has 1 aromatic rings. The summed E-state index contributed by atoms with van der Waals surface area (Å²) in [4.78, 5) is 12.4. The van der Waals surface area contributed by atoms with E-state index in [-0.39, 0.29) is 6.54 Å². The summed E-state index contributed by atoms with van der Waals surface area (Å²) in [6, 6.07) is 9.80. The van der Waals surface area contributed by atoms with Crippen LogP contribution < -0.4 is 0 Å². The van der Waals surface area contributed by atoms with E-state index in [1.165, 1.54) is 0 Å². The summed E-state index contributed by atoms with van der Waals surface area (Å²) in [6.07, 6.45) is 1.71. The molecule has 1 N–H and O–H groups in total. The molecule has 0 radical (unpaired) electrons. The first kappa shape index (κ1) is 11.5. The number of aliphatic carboxylic acids is 1. The summed E-state index contributed by atoms with van der Waals surface area (Å²) >= 11 is 0. The number of benzene rings is 1. The van der Waals surface area contributed by atoms with Gasteiger partial charge in [-0.1, -0.05) is 36.4 Å². The minimum absolute atomic E-state index is 0.0426. The molecule has 0 aromatic heterocycles. The predicted octanol–water partition coefficient (Wildman–Crippen LogP) is 1.76. The Hall–Kier alpha value is -1.61. The summed E-state index contributed by atoms with van der Waals surface area (Å²) in [5.41, 5.74) is 1.11. The van der Waals surface area contributed by atoms with Gasteiger partial charge in [-0.3, -0.25) is 9.69 Å². The van der Waals surface area contributed by atoms with Crippen LogP contribution in [-0.2, 0) is 11.3 Å². The first-order valence-electron chi connectivity index (χ1n) is 4.81. The number of carbonyl (C=O) groups is 1. The van der Waals surface area contributed by atoms with E-state index in [4.69, 9.17) is 5.11 Å². The number of carboxylic acids is 1. The van der Waals surface area contributed by atoms with E-state index in [1.54, 1.807) is 6.08 Å². The highest BCUT2D eigenvalue weighted by Crippen LogP contribution is 2.03. The van der Waals surface area contributed by atoms with E-state index in [0.29, 0.717) is 13.1 Å². The predicted molar refractivity (Wildman–Crippen MR) is 59.6 cm³/mol. The molecule has 0 bridgehead atoms. The maximum absolute atomic E-state index is 10.6. The van der Waals surface area contributed by atoms with E-state index in [1.807, 2.05) is 35.2 Å². The summed E-state index contributed by atoms with van der Waals surface area (Å²) in [7, 11) is 0. The minimum atomic E-state index is -0.812. The molecule has 0 heterocycles. The van der Waals surface area contributed by atoms with Gasteiger partial charge in [0.05, 0.1) is 6.54 Å². The van der Waals surface area contributed by atoms with Gasteiger partial charge >= 0.3 is 5.97 Å². The molecule has 0 aliphatic heterocycles. The molecule has 0 atom stereocenters. The van der Waals surface area contributed by atoms with E-state index < -0.39 is 5.97 Å². The maximum Gasteiger partial charge on any atom is 0.317 e. The van der Waals surface area contributed by atoms with Crippen molar-refractivity contribution in [2.75, 3.05) is 13.1 Å². The fourth-order valence-corrected chi connectivity index (χ4v) is 1.40. The lowest BCUT2D eigenvalue weighted by Gasteiger charge is -2.18. The van der Waals surface area contributed by atoms with Gasteiger partial charge < -0.3 is 5.11 Å². The third-order valence-electron chi connectivity index (χ3n) is 2.00. The minimum Gasteiger partial charge on any atom is -0.480 e. The zero-order valence-electron chi connectivity index (χ0n) is 8.60. The van der Waals surface area contributed by atoms with Crippen molar-refractivity contribution in [1.29, 1.82) is 0 Å². The van der Waals surface area contributed by atoms with Crippen LogP contribution >= 0.6 is 0 Å². The highest BCUT2D eigenvalue weighted by atomic mass is 16.4. The number of hydrogen-bond donors (Lipinski definition) is 1. The third kappa shape index (κ3) is 4.42. The number of rotatable bonds is 6. The van der Waals surface area contributed by atoms with Crippen LogP contribution in [0, 0.1) is 0 Å². The van der Waals surface area contributed by atoms with Gasteiger partial charge in [0.2, 0.25) is 0 Å². The smallest absolute Gasteiger partial charge is 0.317 e. The van der Waals surface area contributed by atoms with E-state index in [2.05, 4.69) is 6.58 Å². The Morgan fingerprint density at radius 2 is 2.07 bits per heavy atom. The highest BCUT2D eigenvalue weighted by Gasteiger charge is 2.07. The molecule has 1 aromatic carbocycles. The van der Waals surface area contributed by atoms with Crippen molar-refractivity contribution in [3.63, 3.8) is 0 Å². The zero-order chi connectivity index (χ0) is 11.1. The number of hydrogen-bond acceptors (Lipinski definition) is 2. The summed E-state index contributed by atoms with van der Waals surface area (Å²) < 4.78 is 0. The standard InChI is InChI=1S/C12H15NO2/c1-2-8-13(10-12(14)15)9-11-6-4-3-5-7-11/h2-7H,1,8-10H2,(H,14,15). The highest BCUT2D eigenvalue weighted by molar-refractivity contribution is 5.69. The molecular formula is C12H15NO2. The van der Waals surface area contributed by atoms with Gasteiger partial charge in [-0.05, 0) is 5.56 Å². The van der Waals surface area contributed by atoms with Gasteiger partial charge in [0.1, 0.15) is 0 Å². The molecule has 0 amide bonds. The lowest BCUT2D eigenvalue weighted by atomic mass is 10.2. The van der Waals surface area contributed by atoms with Crippen molar-refractivity contribution in [2.45, 2.75) is 6.54 Å². The Labute approximate surface area is 89.6 Å². The van der Waals surface area contributed by atoms with Crippen molar-refractivity contribution in [3.05, 3.63) is 48.6 Å². The maximum atomic E-state index is 10.6. The molecule has 0 unspecified atom stereocenters. The van der Waals surface area contributed by atoms with Crippen LogP contribution in [0.1, 0.15) is 5.56 Å². The quantitative estimate of drug-likeness (QED) is 0.719. The SMILES string of the molecule is C=CCN(CC(=O)O)Cc1ccccc1. The molecule has 0 aliphatic carbocycles. The van der Waals surface area contributed by atoms with Crippen LogP contribution in [-0.4, -0.2) is 29.1 Å². The van der Waals surface area contributed by atoms with Crippen molar-refractivity contribution in [2.24, 2.45) is 0 Å². The molecule has 3 nitrogen and oxygen atoms in total. The van der Waals surface area contributed by atoms with Crippen molar-refractivity contribution in [3.8, 4) is 0 Å². The van der Waals surface area contributed by atoms with Crippen molar-refractivity contribution < 1.29 is 9.90 Å². The molecule has 1 rings (SSSR count). The molecule has 0 saturated carbocycles. The van der Waals surface area contributed by atoms with Gasteiger partial charge in [0, 0.05) is 13.1 Å². The molecule has 3 heteroatoms.